The number of carbonyl (C=O) groups is 1. The fourth-order valence-corrected chi connectivity index (χ4v) is 2.54. The van der Waals surface area contributed by atoms with Gasteiger partial charge in [0.05, 0.1) is 0 Å². The summed E-state index contributed by atoms with van der Waals surface area (Å²) in [5.74, 6) is -0.398. The molecule has 20 heavy (non-hydrogen) atoms. The zero-order chi connectivity index (χ0) is 14.5. The summed E-state index contributed by atoms with van der Waals surface area (Å²) in [4.78, 5) is 12.9. The lowest BCUT2D eigenvalue weighted by Crippen LogP contribution is -2.48. The lowest BCUT2D eigenvalue weighted by Gasteiger charge is -2.32. The molecule has 1 heterocycles. The standard InChI is InChI=1S/C14H19ClN2O3/c1-10-7-17(5-4-16-10)8-11-6-12(15)2-3-13(11)20-9-14(18)19/h2-3,6,10,16H,4-5,7-9H2,1H3,(H,18,19)/t10-/m0/s1. The van der Waals surface area contributed by atoms with Crippen LogP contribution in [0, 0.1) is 0 Å². The van der Waals surface area contributed by atoms with E-state index in [9.17, 15) is 4.79 Å². The highest BCUT2D eigenvalue weighted by Gasteiger charge is 2.17. The minimum atomic E-state index is -0.985. The van der Waals surface area contributed by atoms with Gasteiger partial charge in [-0.15, -0.1) is 0 Å². The number of carboxylic acids is 1. The molecule has 1 aromatic carbocycles. The van der Waals surface area contributed by atoms with E-state index in [1.165, 1.54) is 0 Å². The number of carboxylic acid groups (broad SMARTS) is 1. The van der Waals surface area contributed by atoms with E-state index in [1.54, 1.807) is 12.1 Å². The average molecular weight is 299 g/mol. The van der Waals surface area contributed by atoms with Gasteiger partial charge in [-0.2, -0.15) is 0 Å². The molecule has 1 fully saturated rings. The van der Waals surface area contributed by atoms with E-state index >= 15 is 0 Å². The van der Waals surface area contributed by atoms with Crippen molar-refractivity contribution in [1.82, 2.24) is 10.2 Å². The van der Waals surface area contributed by atoms with Gasteiger partial charge in [-0.05, 0) is 25.1 Å². The maximum atomic E-state index is 10.6. The Balaban J connectivity index is 2.07. The third-order valence-electron chi connectivity index (χ3n) is 3.22. The largest absolute Gasteiger partial charge is 0.482 e. The number of piperazine rings is 1. The molecule has 0 unspecified atom stereocenters. The highest BCUT2D eigenvalue weighted by molar-refractivity contribution is 6.30. The minimum absolute atomic E-state index is 0.341. The van der Waals surface area contributed by atoms with Crippen molar-refractivity contribution in [3.63, 3.8) is 0 Å². The summed E-state index contributed by atoms with van der Waals surface area (Å²) in [6.45, 7) is 5.37. The number of nitrogens with one attached hydrogen (secondary N) is 1. The third kappa shape index (κ3) is 4.37. The van der Waals surface area contributed by atoms with Crippen molar-refractivity contribution in [2.24, 2.45) is 0 Å². The molecule has 0 spiro atoms. The fourth-order valence-electron chi connectivity index (χ4n) is 2.35. The van der Waals surface area contributed by atoms with Gasteiger partial charge < -0.3 is 15.2 Å². The van der Waals surface area contributed by atoms with E-state index in [0.717, 1.165) is 25.2 Å². The van der Waals surface area contributed by atoms with Crippen molar-refractivity contribution in [3.05, 3.63) is 28.8 Å². The second-order valence-corrected chi connectivity index (χ2v) is 5.46. The molecule has 0 radical (unpaired) electrons. The van der Waals surface area contributed by atoms with Crippen molar-refractivity contribution < 1.29 is 14.6 Å². The first kappa shape index (κ1) is 15.1. The normalized spacial score (nSPS) is 19.8. The monoisotopic (exact) mass is 298 g/mol. The van der Waals surface area contributed by atoms with Gasteiger partial charge in [-0.25, -0.2) is 4.79 Å². The summed E-state index contributed by atoms with van der Waals surface area (Å²) < 4.78 is 5.32. The molecule has 2 rings (SSSR count). The van der Waals surface area contributed by atoms with Crippen LogP contribution in [0.2, 0.25) is 5.02 Å². The Morgan fingerprint density at radius 3 is 3.10 bits per heavy atom. The van der Waals surface area contributed by atoms with Crippen LogP contribution in [0.25, 0.3) is 0 Å². The van der Waals surface area contributed by atoms with Crippen LogP contribution in [-0.2, 0) is 11.3 Å². The number of hydrogen-bond acceptors (Lipinski definition) is 4. The maximum Gasteiger partial charge on any atom is 0.341 e. The van der Waals surface area contributed by atoms with Gasteiger partial charge in [0.25, 0.3) is 0 Å². The molecule has 0 aromatic heterocycles. The SMILES string of the molecule is C[C@H]1CN(Cc2cc(Cl)ccc2OCC(=O)O)CCN1. The molecule has 2 N–H and O–H groups in total. The molecular formula is C14H19ClN2O3. The molecular weight excluding hydrogens is 280 g/mol. The maximum absolute atomic E-state index is 10.6. The van der Waals surface area contributed by atoms with E-state index < -0.39 is 5.97 Å². The minimum Gasteiger partial charge on any atom is -0.482 e. The van der Waals surface area contributed by atoms with Crippen molar-refractivity contribution in [3.8, 4) is 5.75 Å². The van der Waals surface area contributed by atoms with Gasteiger partial charge in [-0.3, -0.25) is 4.90 Å². The van der Waals surface area contributed by atoms with Crippen molar-refractivity contribution in [1.29, 1.82) is 0 Å². The molecule has 0 amide bonds. The van der Waals surface area contributed by atoms with Crippen LogP contribution in [0.5, 0.6) is 5.75 Å². The van der Waals surface area contributed by atoms with Crippen LogP contribution in [0.4, 0.5) is 0 Å². The summed E-state index contributed by atoms with van der Waals surface area (Å²) in [6, 6.07) is 5.73. The number of benzene rings is 1. The number of halogens is 1. The number of rotatable bonds is 5. The summed E-state index contributed by atoms with van der Waals surface area (Å²) >= 11 is 6.02. The van der Waals surface area contributed by atoms with Crippen LogP contribution < -0.4 is 10.1 Å². The second kappa shape index (κ2) is 6.92. The van der Waals surface area contributed by atoms with Crippen LogP contribution in [0.1, 0.15) is 12.5 Å². The van der Waals surface area contributed by atoms with Crippen molar-refractivity contribution >= 4 is 17.6 Å². The topological polar surface area (TPSA) is 61.8 Å². The van der Waals surface area contributed by atoms with E-state index in [-0.39, 0.29) is 6.61 Å². The zero-order valence-electron chi connectivity index (χ0n) is 11.4. The Kier molecular flexibility index (Phi) is 5.23. The average Bonchev–Trinajstić information content (AvgIpc) is 2.37. The highest BCUT2D eigenvalue weighted by Crippen LogP contribution is 2.24. The lowest BCUT2D eigenvalue weighted by atomic mass is 10.1. The highest BCUT2D eigenvalue weighted by atomic mass is 35.5. The fraction of sp³-hybridized carbons (Fsp3) is 0.500. The second-order valence-electron chi connectivity index (χ2n) is 5.02. The Morgan fingerprint density at radius 2 is 2.40 bits per heavy atom. The molecule has 5 nitrogen and oxygen atoms in total. The Hall–Kier alpha value is -1.30. The first-order valence-electron chi connectivity index (χ1n) is 6.63. The molecule has 1 aliphatic heterocycles. The molecule has 1 aliphatic rings. The van der Waals surface area contributed by atoms with Crippen LogP contribution in [-0.4, -0.2) is 48.3 Å². The van der Waals surface area contributed by atoms with Crippen LogP contribution in [0.3, 0.4) is 0 Å². The molecule has 1 atom stereocenters. The van der Waals surface area contributed by atoms with Crippen LogP contribution >= 0.6 is 11.6 Å². The first-order chi connectivity index (χ1) is 9.54. The quantitative estimate of drug-likeness (QED) is 0.864. The predicted molar refractivity (Wildman–Crippen MR) is 77.3 cm³/mol. The Morgan fingerprint density at radius 1 is 1.60 bits per heavy atom. The van der Waals surface area contributed by atoms with E-state index in [4.69, 9.17) is 21.4 Å². The Labute approximate surface area is 123 Å². The third-order valence-corrected chi connectivity index (χ3v) is 3.46. The van der Waals surface area contributed by atoms with Gasteiger partial charge in [0.15, 0.2) is 6.61 Å². The van der Waals surface area contributed by atoms with E-state index in [0.29, 0.717) is 23.4 Å². The van der Waals surface area contributed by atoms with Gasteiger partial charge in [-0.1, -0.05) is 11.6 Å². The first-order valence-corrected chi connectivity index (χ1v) is 7.01. The van der Waals surface area contributed by atoms with Crippen LogP contribution in [0.15, 0.2) is 18.2 Å². The number of hydrogen-bond donors (Lipinski definition) is 2. The summed E-state index contributed by atoms with van der Waals surface area (Å²) in [6.07, 6.45) is 0. The summed E-state index contributed by atoms with van der Waals surface area (Å²) in [7, 11) is 0. The molecule has 0 saturated carbocycles. The number of aliphatic carboxylic acids is 1. The Bertz CT molecular complexity index is 481. The van der Waals surface area contributed by atoms with Gasteiger partial charge >= 0.3 is 5.97 Å². The predicted octanol–water partition coefficient (Wildman–Crippen LogP) is 1.60. The number of ether oxygens (including phenoxy) is 1. The summed E-state index contributed by atoms with van der Waals surface area (Å²) in [5, 5.41) is 12.7. The van der Waals surface area contributed by atoms with E-state index in [2.05, 4.69) is 17.1 Å². The molecule has 1 saturated heterocycles. The molecule has 0 aliphatic carbocycles. The van der Waals surface area contributed by atoms with E-state index in [1.807, 2.05) is 6.07 Å². The lowest BCUT2D eigenvalue weighted by molar-refractivity contribution is -0.139. The van der Waals surface area contributed by atoms with Crippen molar-refractivity contribution in [2.75, 3.05) is 26.2 Å². The smallest absolute Gasteiger partial charge is 0.341 e. The molecule has 1 aromatic rings. The van der Waals surface area contributed by atoms with Crippen molar-refractivity contribution in [2.45, 2.75) is 19.5 Å². The summed E-state index contributed by atoms with van der Waals surface area (Å²) in [5.41, 5.74) is 0.924. The zero-order valence-corrected chi connectivity index (χ0v) is 12.2. The van der Waals surface area contributed by atoms with Gasteiger partial charge in [0, 0.05) is 42.8 Å². The number of nitrogens with zero attached hydrogens (tertiary/aromatic N) is 1. The van der Waals surface area contributed by atoms with Gasteiger partial charge in [0.1, 0.15) is 5.75 Å². The molecule has 6 heteroatoms. The van der Waals surface area contributed by atoms with Gasteiger partial charge in [0.2, 0.25) is 0 Å². The molecule has 0 bridgehead atoms. The molecule has 110 valence electrons.